The van der Waals surface area contributed by atoms with Crippen molar-refractivity contribution in [1.82, 2.24) is 15.5 Å². The summed E-state index contributed by atoms with van der Waals surface area (Å²) >= 11 is 0. The van der Waals surface area contributed by atoms with Crippen LogP contribution in [0, 0.1) is 5.92 Å². The first kappa shape index (κ1) is 24.9. The fourth-order valence-corrected chi connectivity index (χ4v) is 2.86. The molecule has 25 heavy (non-hydrogen) atoms. The van der Waals surface area contributed by atoms with Crippen molar-refractivity contribution in [1.29, 1.82) is 0 Å². The molecule has 150 valence electrons. The zero-order valence-electron chi connectivity index (χ0n) is 16.6. The van der Waals surface area contributed by atoms with Gasteiger partial charge in [0.2, 0.25) is 0 Å². The first-order valence-electron chi connectivity index (χ1n) is 9.51. The molecular formula is C18H39IN4O2. The predicted molar refractivity (Wildman–Crippen MR) is 116 cm³/mol. The van der Waals surface area contributed by atoms with Crippen LogP contribution in [-0.4, -0.2) is 76.6 Å². The third-order valence-corrected chi connectivity index (χ3v) is 4.50. The van der Waals surface area contributed by atoms with E-state index in [1.165, 1.54) is 0 Å². The van der Waals surface area contributed by atoms with Gasteiger partial charge in [-0.2, -0.15) is 0 Å². The van der Waals surface area contributed by atoms with Gasteiger partial charge in [0.05, 0.1) is 0 Å². The standard InChI is InChI=1S/C18H38N4O2.HI/c1-5-22(16(2)3)11-10-21-18(19-4)20-9-6-12-24-15-17-7-13-23-14-8-17;/h16-17H,5-15H2,1-4H3,(H2,19,20,21);1H. The molecule has 7 heteroatoms. The molecule has 0 aromatic rings. The third kappa shape index (κ3) is 12.0. The lowest BCUT2D eigenvalue weighted by Gasteiger charge is -2.25. The normalized spacial score (nSPS) is 16.2. The van der Waals surface area contributed by atoms with Gasteiger partial charge >= 0.3 is 0 Å². The van der Waals surface area contributed by atoms with Crippen LogP contribution in [0.1, 0.15) is 40.0 Å². The van der Waals surface area contributed by atoms with Gasteiger partial charge in [-0.25, -0.2) is 0 Å². The molecule has 0 aromatic carbocycles. The van der Waals surface area contributed by atoms with Crippen LogP contribution in [0.4, 0.5) is 0 Å². The minimum Gasteiger partial charge on any atom is -0.381 e. The number of halogens is 1. The van der Waals surface area contributed by atoms with Gasteiger partial charge in [-0.05, 0) is 45.6 Å². The molecule has 1 fully saturated rings. The molecule has 0 unspecified atom stereocenters. The van der Waals surface area contributed by atoms with Crippen LogP contribution in [0.15, 0.2) is 4.99 Å². The molecular weight excluding hydrogens is 431 g/mol. The Kier molecular flexibility index (Phi) is 16.0. The number of likely N-dealkylation sites (N-methyl/N-ethyl adjacent to an activating group) is 1. The maximum atomic E-state index is 5.78. The van der Waals surface area contributed by atoms with E-state index >= 15 is 0 Å². The highest BCUT2D eigenvalue weighted by Gasteiger charge is 2.13. The van der Waals surface area contributed by atoms with Crippen LogP contribution >= 0.6 is 24.0 Å². The molecule has 0 bridgehead atoms. The van der Waals surface area contributed by atoms with Gasteiger partial charge < -0.3 is 20.1 Å². The van der Waals surface area contributed by atoms with Crippen LogP contribution in [0.2, 0.25) is 0 Å². The first-order chi connectivity index (χ1) is 11.7. The molecule has 1 saturated heterocycles. The molecule has 0 aromatic heterocycles. The van der Waals surface area contributed by atoms with Crippen LogP contribution in [0.3, 0.4) is 0 Å². The molecule has 2 N–H and O–H groups in total. The van der Waals surface area contributed by atoms with Crippen molar-refractivity contribution >= 4 is 29.9 Å². The molecule has 0 saturated carbocycles. The van der Waals surface area contributed by atoms with E-state index in [4.69, 9.17) is 9.47 Å². The van der Waals surface area contributed by atoms with Crippen LogP contribution in [-0.2, 0) is 9.47 Å². The van der Waals surface area contributed by atoms with Gasteiger partial charge in [0.15, 0.2) is 5.96 Å². The topological polar surface area (TPSA) is 58.1 Å². The summed E-state index contributed by atoms with van der Waals surface area (Å²) in [5.41, 5.74) is 0. The molecule has 1 aliphatic rings. The Balaban J connectivity index is 0.00000576. The Labute approximate surface area is 171 Å². The van der Waals surface area contributed by atoms with Crippen molar-refractivity contribution in [3.8, 4) is 0 Å². The van der Waals surface area contributed by atoms with Crippen molar-refractivity contribution in [3.63, 3.8) is 0 Å². The average Bonchev–Trinajstić information content (AvgIpc) is 2.60. The molecule has 0 spiro atoms. The average molecular weight is 470 g/mol. The minimum absolute atomic E-state index is 0. The number of nitrogens with zero attached hydrogens (tertiary/aromatic N) is 2. The maximum absolute atomic E-state index is 5.78. The quantitative estimate of drug-likeness (QED) is 0.210. The largest absolute Gasteiger partial charge is 0.381 e. The van der Waals surface area contributed by atoms with E-state index in [1.54, 1.807) is 0 Å². The summed E-state index contributed by atoms with van der Waals surface area (Å²) in [5, 5.41) is 6.72. The van der Waals surface area contributed by atoms with E-state index in [-0.39, 0.29) is 24.0 Å². The van der Waals surface area contributed by atoms with Crippen LogP contribution < -0.4 is 10.6 Å². The lowest BCUT2D eigenvalue weighted by atomic mass is 10.0. The van der Waals surface area contributed by atoms with E-state index in [1.807, 2.05) is 7.05 Å². The molecule has 1 heterocycles. The molecule has 0 radical (unpaired) electrons. The maximum Gasteiger partial charge on any atom is 0.191 e. The number of rotatable bonds is 11. The van der Waals surface area contributed by atoms with Crippen molar-refractivity contribution in [2.45, 2.75) is 46.1 Å². The highest BCUT2D eigenvalue weighted by Crippen LogP contribution is 2.14. The molecule has 0 aliphatic carbocycles. The van der Waals surface area contributed by atoms with Crippen molar-refractivity contribution in [2.24, 2.45) is 10.9 Å². The summed E-state index contributed by atoms with van der Waals surface area (Å²) in [6, 6.07) is 0.583. The molecule has 6 nitrogen and oxygen atoms in total. The second-order valence-corrected chi connectivity index (χ2v) is 6.63. The second-order valence-electron chi connectivity index (χ2n) is 6.63. The minimum atomic E-state index is 0. The van der Waals surface area contributed by atoms with E-state index in [9.17, 15) is 0 Å². The van der Waals surface area contributed by atoms with E-state index in [0.717, 1.165) is 77.8 Å². The number of ether oxygens (including phenoxy) is 2. The summed E-state index contributed by atoms with van der Waals surface area (Å²) in [6.07, 6.45) is 3.27. The SMILES string of the molecule is CCN(CCNC(=NC)NCCCOCC1CCOCC1)C(C)C.I. The second kappa shape index (κ2) is 16.1. The van der Waals surface area contributed by atoms with E-state index < -0.39 is 0 Å². The number of nitrogens with one attached hydrogen (secondary N) is 2. The smallest absolute Gasteiger partial charge is 0.191 e. The summed E-state index contributed by atoms with van der Waals surface area (Å²) < 4.78 is 11.1. The number of hydrogen-bond donors (Lipinski definition) is 2. The predicted octanol–water partition coefficient (Wildman–Crippen LogP) is 2.33. The van der Waals surface area contributed by atoms with Crippen molar-refractivity contribution in [3.05, 3.63) is 0 Å². The monoisotopic (exact) mass is 470 g/mol. The zero-order chi connectivity index (χ0) is 17.6. The number of aliphatic imine (C=N–C) groups is 1. The highest BCUT2D eigenvalue weighted by atomic mass is 127. The lowest BCUT2D eigenvalue weighted by molar-refractivity contribution is 0.0203. The van der Waals surface area contributed by atoms with Crippen LogP contribution in [0.5, 0.6) is 0 Å². The third-order valence-electron chi connectivity index (χ3n) is 4.50. The van der Waals surface area contributed by atoms with Gasteiger partial charge in [0, 0.05) is 59.2 Å². The van der Waals surface area contributed by atoms with E-state index in [0.29, 0.717) is 12.0 Å². The van der Waals surface area contributed by atoms with Crippen molar-refractivity contribution in [2.75, 3.05) is 59.7 Å². The summed E-state index contributed by atoms with van der Waals surface area (Å²) in [4.78, 5) is 6.70. The Bertz CT molecular complexity index is 337. The summed E-state index contributed by atoms with van der Waals surface area (Å²) in [7, 11) is 1.82. The molecule has 1 rings (SSSR count). The fourth-order valence-electron chi connectivity index (χ4n) is 2.86. The van der Waals surface area contributed by atoms with Gasteiger partial charge in [-0.1, -0.05) is 6.92 Å². The summed E-state index contributed by atoms with van der Waals surface area (Å²) in [6.45, 7) is 14.0. The molecule has 0 atom stereocenters. The first-order valence-corrected chi connectivity index (χ1v) is 9.51. The summed E-state index contributed by atoms with van der Waals surface area (Å²) in [5.74, 6) is 1.56. The Morgan fingerprint density at radius 1 is 1.24 bits per heavy atom. The van der Waals surface area contributed by atoms with Crippen LogP contribution in [0.25, 0.3) is 0 Å². The van der Waals surface area contributed by atoms with Gasteiger partial charge in [-0.3, -0.25) is 9.89 Å². The fraction of sp³-hybridized carbons (Fsp3) is 0.944. The molecule has 0 amide bonds. The zero-order valence-corrected chi connectivity index (χ0v) is 18.9. The van der Waals surface area contributed by atoms with E-state index in [2.05, 4.69) is 41.3 Å². The van der Waals surface area contributed by atoms with Gasteiger partial charge in [0.25, 0.3) is 0 Å². The lowest BCUT2D eigenvalue weighted by Crippen LogP contribution is -2.43. The van der Waals surface area contributed by atoms with Gasteiger partial charge in [0.1, 0.15) is 0 Å². The Morgan fingerprint density at radius 2 is 1.92 bits per heavy atom. The highest BCUT2D eigenvalue weighted by molar-refractivity contribution is 14.0. The Morgan fingerprint density at radius 3 is 2.52 bits per heavy atom. The number of guanidine groups is 1. The Hall–Kier alpha value is -0.120. The van der Waals surface area contributed by atoms with Crippen molar-refractivity contribution < 1.29 is 9.47 Å². The van der Waals surface area contributed by atoms with Gasteiger partial charge in [-0.15, -0.1) is 24.0 Å². The molecule has 1 aliphatic heterocycles. The number of hydrogen-bond acceptors (Lipinski definition) is 4.